The van der Waals surface area contributed by atoms with Crippen LogP contribution in [0.25, 0.3) is 0 Å². The van der Waals surface area contributed by atoms with Crippen molar-refractivity contribution < 1.29 is 9.59 Å². The molecule has 1 spiro atoms. The third kappa shape index (κ3) is 1.97. The Morgan fingerprint density at radius 3 is 2.52 bits per heavy atom. The van der Waals surface area contributed by atoms with Crippen LogP contribution in [0.5, 0.6) is 0 Å². The number of rotatable bonds is 0. The van der Waals surface area contributed by atoms with Crippen LogP contribution in [-0.2, 0) is 9.59 Å². The van der Waals surface area contributed by atoms with E-state index < -0.39 is 5.41 Å². The van der Waals surface area contributed by atoms with Gasteiger partial charge in [-0.25, -0.2) is 0 Å². The Labute approximate surface area is 161 Å². The van der Waals surface area contributed by atoms with Gasteiger partial charge >= 0.3 is 0 Å². The van der Waals surface area contributed by atoms with Gasteiger partial charge in [0.25, 0.3) is 0 Å². The number of nitrogens with zero attached hydrogens (tertiary/aromatic N) is 1. The molecule has 4 unspecified atom stereocenters. The van der Waals surface area contributed by atoms with Gasteiger partial charge in [0.1, 0.15) is 11.9 Å². The molecule has 5 rings (SSSR count). The summed E-state index contributed by atoms with van der Waals surface area (Å²) in [6.45, 7) is 4.49. The highest BCUT2D eigenvalue weighted by Crippen LogP contribution is 2.67. The van der Waals surface area contributed by atoms with Crippen molar-refractivity contribution >= 4 is 11.6 Å². The first-order valence-electron chi connectivity index (χ1n) is 10.8. The van der Waals surface area contributed by atoms with Crippen molar-refractivity contribution in [2.24, 2.45) is 34.0 Å². The molecule has 3 nitrogen and oxygen atoms in total. The molecule has 0 aliphatic heterocycles. The second-order valence-corrected chi connectivity index (χ2v) is 10.2. The third-order valence-corrected chi connectivity index (χ3v) is 9.31. The van der Waals surface area contributed by atoms with Gasteiger partial charge in [-0.1, -0.05) is 44.4 Å². The lowest BCUT2D eigenvalue weighted by Gasteiger charge is -2.57. The van der Waals surface area contributed by atoms with E-state index in [0.717, 1.165) is 57.8 Å². The number of ketones is 2. The summed E-state index contributed by atoms with van der Waals surface area (Å²) >= 11 is 0. The minimum absolute atomic E-state index is 0.0846. The van der Waals surface area contributed by atoms with Gasteiger partial charge in [0.15, 0.2) is 5.78 Å². The molecule has 3 saturated carbocycles. The fourth-order valence-corrected chi connectivity index (χ4v) is 8.00. The molecule has 0 aromatic rings. The largest absolute Gasteiger partial charge is 0.299 e. The minimum atomic E-state index is -0.411. The maximum atomic E-state index is 13.2. The Balaban J connectivity index is 1.65. The molecule has 5 aliphatic carbocycles. The summed E-state index contributed by atoms with van der Waals surface area (Å²) in [4.78, 5) is 25.8. The Morgan fingerprint density at radius 2 is 1.81 bits per heavy atom. The molecule has 0 saturated heterocycles. The predicted molar refractivity (Wildman–Crippen MR) is 102 cm³/mol. The molecule has 0 radical (unpaired) electrons. The second kappa shape index (κ2) is 5.43. The lowest BCUT2D eigenvalue weighted by Crippen LogP contribution is -2.53. The Bertz CT molecular complexity index is 837. The van der Waals surface area contributed by atoms with Crippen LogP contribution >= 0.6 is 0 Å². The molecule has 5 aliphatic rings. The molecule has 0 amide bonds. The van der Waals surface area contributed by atoms with Gasteiger partial charge in [-0.2, -0.15) is 5.26 Å². The van der Waals surface area contributed by atoms with Gasteiger partial charge < -0.3 is 0 Å². The SMILES string of the molecule is CC12CCC3C(CC=C4C5(CCCC5)C(=O)C(C#N)=C[C@@]43C)C1CCC2=O. The zero-order chi connectivity index (χ0) is 19.0. The maximum absolute atomic E-state index is 13.2. The zero-order valence-corrected chi connectivity index (χ0v) is 16.5. The van der Waals surface area contributed by atoms with Crippen molar-refractivity contribution in [3.63, 3.8) is 0 Å². The van der Waals surface area contributed by atoms with Crippen LogP contribution in [0.3, 0.4) is 0 Å². The van der Waals surface area contributed by atoms with Crippen molar-refractivity contribution in [3.05, 3.63) is 23.3 Å². The number of carbonyl (C=O) groups is 2. The molecule has 0 heterocycles. The fraction of sp³-hybridized carbons (Fsp3) is 0.708. The number of hydrogen-bond donors (Lipinski definition) is 0. The fourth-order valence-electron chi connectivity index (χ4n) is 8.00. The Hall–Kier alpha value is -1.69. The Morgan fingerprint density at radius 1 is 1.07 bits per heavy atom. The van der Waals surface area contributed by atoms with Crippen molar-refractivity contribution in [2.45, 2.75) is 71.6 Å². The summed E-state index contributed by atoms with van der Waals surface area (Å²) in [5, 5.41) is 9.73. The number of nitriles is 1. The van der Waals surface area contributed by atoms with Crippen LogP contribution in [0.2, 0.25) is 0 Å². The number of hydrogen-bond acceptors (Lipinski definition) is 3. The predicted octanol–water partition coefficient (Wildman–Crippen LogP) is 4.93. The molecule has 27 heavy (non-hydrogen) atoms. The lowest BCUT2D eigenvalue weighted by molar-refractivity contribution is -0.131. The standard InChI is InChI=1S/C24H29NO2/c1-22-12-9-18-16(17(22)6-8-20(22)26)5-7-19-23(18,2)13-15(14-25)21(27)24(19)10-3-4-11-24/h7,13,16-18H,3-6,8-12H2,1-2H3/t16?,17?,18?,22?,23-/m1/s1. The van der Waals surface area contributed by atoms with E-state index >= 15 is 0 Å². The van der Waals surface area contributed by atoms with E-state index in [-0.39, 0.29) is 16.6 Å². The zero-order valence-electron chi connectivity index (χ0n) is 16.5. The summed E-state index contributed by atoms with van der Waals surface area (Å²) in [6, 6.07) is 2.25. The molecular weight excluding hydrogens is 334 g/mol. The molecule has 0 aromatic heterocycles. The van der Waals surface area contributed by atoms with Crippen LogP contribution in [0.1, 0.15) is 71.6 Å². The summed E-state index contributed by atoms with van der Waals surface area (Å²) in [5.74, 6) is 1.98. The number of carbonyl (C=O) groups excluding carboxylic acids is 2. The summed E-state index contributed by atoms with van der Waals surface area (Å²) in [5.41, 5.74) is 0.976. The van der Waals surface area contributed by atoms with Gasteiger partial charge in [-0.3, -0.25) is 9.59 Å². The highest BCUT2D eigenvalue weighted by Gasteiger charge is 2.62. The molecular formula is C24H29NO2. The molecule has 0 bridgehead atoms. The van der Waals surface area contributed by atoms with E-state index in [0.29, 0.717) is 29.1 Å². The van der Waals surface area contributed by atoms with E-state index in [9.17, 15) is 14.9 Å². The van der Waals surface area contributed by atoms with Crippen molar-refractivity contribution in [1.82, 2.24) is 0 Å². The first-order valence-corrected chi connectivity index (χ1v) is 10.8. The van der Waals surface area contributed by atoms with Crippen LogP contribution < -0.4 is 0 Å². The van der Waals surface area contributed by atoms with Crippen molar-refractivity contribution in [2.75, 3.05) is 0 Å². The van der Waals surface area contributed by atoms with Gasteiger partial charge in [-0.15, -0.1) is 0 Å². The molecule has 0 N–H and O–H groups in total. The molecule has 3 fully saturated rings. The van der Waals surface area contributed by atoms with Gasteiger partial charge in [0.05, 0.1) is 11.0 Å². The Kier molecular flexibility index (Phi) is 3.50. The number of fused-ring (bicyclic) bond motifs is 6. The van der Waals surface area contributed by atoms with E-state index in [1.807, 2.05) is 6.08 Å². The van der Waals surface area contributed by atoms with E-state index in [2.05, 4.69) is 26.0 Å². The molecule has 3 heteroatoms. The van der Waals surface area contributed by atoms with Crippen LogP contribution in [0, 0.1) is 45.3 Å². The van der Waals surface area contributed by atoms with Crippen molar-refractivity contribution in [3.8, 4) is 6.07 Å². The number of allylic oxidation sites excluding steroid dienone is 4. The average molecular weight is 364 g/mol. The monoisotopic (exact) mass is 363 g/mol. The third-order valence-electron chi connectivity index (χ3n) is 9.31. The topological polar surface area (TPSA) is 57.9 Å². The maximum Gasteiger partial charge on any atom is 0.183 e. The summed E-state index contributed by atoms with van der Waals surface area (Å²) < 4.78 is 0. The highest BCUT2D eigenvalue weighted by molar-refractivity contribution is 6.07. The molecule has 0 aromatic carbocycles. The first-order chi connectivity index (χ1) is 12.9. The molecule has 5 atom stereocenters. The van der Waals surface area contributed by atoms with Crippen LogP contribution in [0.15, 0.2) is 23.3 Å². The lowest BCUT2D eigenvalue weighted by atomic mass is 9.45. The van der Waals surface area contributed by atoms with Crippen molar-refractivity contribution in [1.29, 1.82) is 5.26 Å². The second-order valence-electron chi connectivity index (χ2n) is 10.2. The minimum Gasteiger partial charge on any atom is -0.299 e. The first kappa shape index (κ1) is 17.4. The molecule has 142 valence electrons. The number of Topliss-reactive ketones (excluding diaryl/α,β-unsaturated/α-hetero) is 2. The normalized spacial score (nSPS) is 44.9. The average Bonchev–Trinajstić information content (AvgIpc) is 3.25. The van der Waals surface area contributed by atoms with Crippen LogP contribution in [0.4, 0.5) is 0 Å². The van der Waals surface area contributed by atoms with Gasteiger partial charge in [0.2, 0.25) is 0 Å². The van der Waals surface area contributed by atoms with Gasteiger partial charge in [-0.05, 0) is 56.3 Å². The van der Waals surface area contributed by atoms with E-state index in [1.165, 1.54) is 5.57 Å². The smallest absolute Gasteiger partial charge is 0.183 e. The summed E-state index contributed by atoms with van der Waals surface area (Å²) in [7, 11) is 0. The van der Waals surface area contributed by atoms with E-state index in [1.54, 1.807) is 0 Å². The quantitative estimate of drug-likeness (QED) is 0.574. The summed E-state index contributed by atoms with van der Waals surface area (Å²) in [6.07, 6.45) is 13.2. The van der Waals surface area contributed by atoms with Gasteiger partial charge in [0, 0.05) is 17.3 Å². The van der Waals surface area contributed by atoms with E-state index in [4.69, 9.17) is 0 Å². The van der Waals surface area contributed by atoms with Crippen LogP contribution in [-0.4, -0.2) is 11.6 Å². The highest BCUT2D eigenvalue weighted by atomic mass is 16.1.